The zero-order valence-corrected chi connectivity index (χ0v) is 13.2. The Kier molecular flexibility index (Phi) is 6.06. The summed E-state index contributed by atoms with van der Waals surface area (Å²) in [4.78, 5) is 12.1. The van der Waals surface area contributed by atoms with E-state index in [2.05, 4.69) is 0 Å². The zero-order valence-electron chi connectivity index (χ0n) is 13.2. The number of hydrogen-bond donors (Lipinski definition) is 0. The second-order valence-corrected chi connectivity index (χ2v) is 4.91. The van der Waals surface area contributed by atoms with Crippen molar-refractivity contribution >= 4 is 11.9 Å². The lowest BCUT2D eigenvalue weighted by Crippen LogP contribution is -1.97. The van der Waals surface area contributed by atoms with Gasteiger partial charge in [-0.05, 0) is 55.0 Å². The van der Waals surface area contributed by atoms with E-state index in [-0.39, 0.29) is 11.6 Å². The largest absolute Gasteiger partial charge is 0.496 e. The summed E-state index contributed by atoms with van der Waals surface area (Å²) >= 11 is 0. The smallest absolute Gasteiger partial charge is 0.185 e. The molecule has 0 aliphatic heterocycles. The first kappa shape index (κ1) is 16.9. The van der Waals surface area contributed by atoms with Crippen LogP contribution in [-0.2, 0) is 11.3 Å². The van der Waals surface area contributed by atoms with Crippen LogP contribution in [0.1, 0.15) is 28.4 Å². The number of ketones is 1. The van der Waals surface area contributed by atoms with Crippen LogP contribution in [0.4, 0.5) is 4.39 Å². The number of hydrogen-bond acceptors (Lipinski definition) is 3. The van der Waals surface area contributed by atoms with Crippen LogP contribution in [-0.4, -0.2) is 19.5 Å². The Bertz CT molecular complexity index is 690. The summed E-state index contributed by atoms with van der Waals surface area (Å²) < 4.78 is 23.6. The van der Waals surface area contributed by atoms with Crippen molar-refractivity contribution < 1.29 is 18.7 Å². The molecule has 0 bridgehead atoms. The van der Waals surface area contributed by atoms with Gasteiger partial charge in [0.1, 0.15) is 11.6 Å². The fourth-order valence-electron chi connectivity index (χ4n) is 2.11. The summed E-state index contributed by atoms with van der Waals surface area (Å²) in [6.45, 7) is 3.00. The third kappa shape index (κ3) is 4.76. The van der Waals surface area contributed by atoms with E-state index in [4.69, 9.17) is 9.47 Å². The van der Waals surface area contributed by atoms with E-state index in [9.17, 15) is 9.18 Å². The van der Waals surface area contributed by atoms with Crippen molar-refractivity contribution in [2.45, 2.75) is 13.5 Å². The quantitative estimate of drug-likeness (QED) is 0.565. The lowest BCUT2D eigenvalue weighted by molar-refractivity contribution is 0.104. The van der Waals surface area contributed by atoms with Crippen LogP contribution in [0.5, 0.6) is 5.75 Å². The number of carbonyl (C=O) groups excluding carboxylic acids is 1. The highest BCUT2D eigenvalue weighted by Crippen LogP contribution is 2.21. The van der Waals surface area contributed by atoms with Crippen LogP contribution >= 0.6 is 0 Å². The SMILES string of the molecule is CCOCc1cc(/C=C/C(=O)c2ccc(F)cc2)ccc1OC. The summed E-state index contributed by atoms with van der Waals surface area (Å²) in [5.41, 5.74) is 2.24. The highest BCUT2D eigenvalue weighted by molar-refractivity contribution is 6.06. The molecular formula is C19H19FO3. The first-order chi connectivity index (χ1) is 11.1. The number of benzene rings is 2. The van der Waals surface area contributed by atoms with Gasteiger partial charge in [-0.2, -0.15) is 0 Å². The Balaban J connectivity index is 2.15. The number of halogens is 1. The van der Waals surface area contributed by atoms with E-state index in [1.807, 2.05) is 25.1 Å². The van der Waals surface area contributed by atoms with E-state index in [0.717, 1.165) is 16.9 Å². The molecule has 0 fully saturated rings. The summed E-state index contributed by atoms with van der Waals surface area (Å²) in [7, 11) is 1.61. The molecule has 4 heteroatoms. The van der Waals surface area contributed by atoms with Crippen LogP contribution in [0.25, 0.3) is 6.08 Å². The van der Waals surface area contributed by atoms with Crippen LogP contribution in [0.3, 0.4) is 0 Å². The fourth-order valence-corrected chi connectivity index (χ4v) is 2.11. The average Bonchev–Trinajstić information content (AvgIpc) is 2.58. The van der Waals surface area contributed by atoms with E-state index in [1.54, 1.807) is 13.2 Å². The van der Waals surface area contributed by atoms with Gasteiger partial charge in [-0.15, -0.1) is 0 Å². The molecule has 120 valence electrons. The molecule has 2 aromatic carbocycles. The molecule has 0 heterocycles. The maximum atomic E-state index is 12.9. The van der Waals surface area contributed by atoms with Gasteiger partial charge in [0.2, 0.25) is 0 Å². The summed E-state index contributed by atoms with van der Waals surface area (Å²) in [6.07, 6.45) is 3.19. The van der Waals surface area contributed by atoms with Gasteiger partial charge in [0, 0.05) is 17.7 Å². The number of rotatable bonds is 7. The van der Waals surface area contributed by atoms with Gasteiger partial charge in [0.05, 0.1) is 13.7 Å². The van der Waals surface area contributed by atoms with Crippen LogP contribution in [0.2, 0.25) is 0 Å². The third-order valence-electron chi connectivity index (χ3n) is 3.32. The summed E-state index contributed by atoms with van der Waals surface area (Å²) in [5.74, 6) is 0.217. The van der Waals surface area contributed by atoms with Gasteiger partial charge in [-0.25, -0.2) is 4.39 Å². The van der Waals surface area contributed by atoms with Gasteiger partial charge < -0.3 is 9.47 Å². The molecule has 0 spiro atoms. The fraction of sp³-hybridized carbons (Fsp3) is 0.211. The second-order valence-electron chi connectivity index (χ2n) is 4.91. The molecule has 0 unspecified atom stereocenters. The highest BCUT2D eigenvalue weighted by Gasteiger charge is 2.05. The standard InChI is InChI=1S/C19H19FO3/c1-3-23-13-16-12-14(5-11-19(16)22-2)4-10-18(21)15-6-8-17(20)9-7-15/h4-12H,3,13H2,1-2H3/b10-4+. The number of allylic oxidation sites excluding steroid dienone is 1. The molecular weight excluding hydrogens is 295 g/mol. The minimum Gasteiger partial charge on any atom is -0.496 e. The molecule has 0 amide bonds. The van der Waals surface area contributed by atoms with Crippen LogP contribution in [0.15, 0.2) is 48.5 Å². The predicted molar refractivity (Wildman–Crippen MR) is 88.1 cm³/mol. The minimum absolute atomic E-state index is 0.174. The third-order valence-corrected chi connectivity index (χ3v) is 3.32. The lowest BCUT2D eigenvalue weighted by atomic mass is 10.1. The molecule has 0 aliphatic carbocycles. The van der Waals surface area contributed by atoms with Gasteiger partial charge in [0.25, 0.3) is 0 Å². The van der Waals surface area contributed by atoms with Crippen molar-refractivity contribution in [1.82, 2.24) is 0 Å². The van der Waals surface area contributed by atoms with Crippen LogP contribution in [0, 0.1) is 5.82 Å². The van der Waals surface area contributed by atoms with E-state index < -0.39 is 0 Å². The lowest BCUT2D eigenvalue weighted by Gasteiger charge is -2.09. The molecule has 2 aromatic rings. The van der Waals surface area contributed by atoms with E-state index >= 15 is 0 Å². The molecule has 0 aromatic heterocycles. The average molecular weight is 314 g/mol. The van der Waals surface area contributed by atoms with Gasteiger partial charge in [0.15, 0.2) is 5.78 Å². The Morgan fingerprint density at radius 1 is 1.17 bits per heavy atom. The number of carbonyl (C=O) groups is 1. The molecule has 0 saturated heterocycles. The Hall–Kier alpha value is -2.46. The minimum atomic E-state index is -0.360. The Morgan fingerprint density at radius 3 is 2.57 bits per heavy atom. The van der Waals surface area contributed by atoms with Gasteiger partial charge >= 0.3 is 0 Å². The highest BCUT2D eigenvalue weighted by atomic mass is 19.1. The maximum absolute atomic E-state index is 12.9. The van der Waals surface area contributed by atoms with Gasteiger partial charge in [-0.1, -0.05) is 12.1 Å². The molecule has 3 nitrogen and oxygen atoms in total. The van der Waals surface area contributed by atoms with Crippen molar-refractivity contribution in [2.75, 3.05) is 13.7 Å². The number of methoxy groups -OCH3 is 1. The van der Waals surface area contributed by atoms with Crippen molar-refractivity contribution in [3.8, 4) is 5.75 Å². The second kappa shape index (κ2) is 8.25. The Morgan fingerprint density at radius 2 is 1.91 bits per heavy atom. The molecule has 23 heavy (non-hydrogen) atoms. The predicted octanol–water partition coefficient (Wildman–Crippen LogP) is 4.27. The molecule has 2 rings (SSSR count). The molecule has 0 N–H and O–H groups in total. The zero-order chi connectivity index (χ0) is 16.7. The number of ether oxygens (including phenoxy) is 2. The molecule has 0 saturated carbocycles. The maximum Gasteiger partial charge on any atom is 0.185 e. The van der Waals surface area contributed by atoms with Crippen molar-refractivity contribution in [2.24, 2.45) is 0 Å². The van der Waals surface area contributed by atoms with E-state index in [0.29, 0.717) is 18.8 Å². The molecule has 0 atom stereocenters. The van der Waals surface area contributed by atoms with Gasteiger partial charge in [-0.3, -0.25) is 4.79 Å². The summed E-state index contributed by atoms with van der Waals surface area (Å²) in [6, 6.07) is 11.1. The van der Waals surface area contributed by atoms with Crippen molar-refractivity contribution in [3.63, 3.8) is 0 Å². The van der Waals surface area contributed by atoms with E-state index in [1.165, 1.54) is 30.3 Å². The Labute approximate surface area is 135 Å². The first-order valence-corrected chi connectivity index (χ1v) is 7.36. The topological polar surface area (TPSA) is 35.5 Å². The normalized spacial score (nSPS) is 10.9. The van der Waals surface area contributed by atoms with Crippen molar-refractivity contribution in [3.05, 3.63) is 71.0 Å². The molecule has 0 aliphatic rings. The van der Waals surface area contributed by atoms with Crippen molar-refractivity contribution in [1.29, 1.82) is 0 Å². The van der Waals surface area contributed by atoms with Crippen LogP contribution < -0.4 is 4.74 Å². The summed E-state index contributed by atoms with van der Waals surface area (Å²) in [5, 5.41) is 0. The molecule has 0 radical (unpaired) electrons. The monoisotopic (exact) mass is 314 g/mol. The first-order valence-electron chi connectivity index (χ1n) is 7.36.